The summed E-state index contributed by atoms with van der Waals surface area (Å²) in [5, 5.41) is 0. The molecular formula is C10H16O. The summed E-state index contributed by atoms with van der Waals surface area (Å²) < 4.78 is 0. The van der Waals surface area contributed by atoms with Crippen molar-refractivity contribution in [2.75, 3.05) is 0 Å². The highest BCUT2D eigenvalue weighted by molar-refractivity contribution is 5.54. The smallest absolute Gasteiger partial charge is 0.123 e. The summed E-state index contributed by atoms with van der Waals surface area (Å²) in [6.45, 7) is 4.59. The van der Waals surface area contributed by atoms with Crippen LogP contribution in [-0.2, 0) is 4.79 Å². The van der Waals surface area contributed by atoms with Crippen molar-refractivity contribution in [1.29, 1.82) is 0 Å². The first-order valence-electron chi connectivity index (χ1n) is 4.69. The van der Waals surface area contributed by atoms with E-state index in [0.29, 0.717) is 11.8 Å². The molecule has 0 aliphatic heterocycles. The molecular weight excluding hydrogens is 136 g/mol. The van der Waals surface area contributed by atoms with Crippen LogP contribution in [0.1, 0.15) is 26.7 Å². The molecule has 1 unspecified atom stereocenters. The van der Waals surface area contributed by atoms with Crippen molar-refractivity contribution in [3.8, 4) is 0 Å². The van der Waals surface area contributed by atoms with Gasteiger partial charge in [-0.25, -0.2) is 0 Å². The molecule has 3 aliphatic carbocycles. The van der Waals surface area contributed by atoms with E-state index in [0.717, 1.165) is 17.8 Å². The second kappa shape index (κ2) is 2.33. The predicted octanol–water partition coefficient (Wildman–Crippen LogP) is 2.11. The zero-order chi connectivity index (χ0) is 8.01. The minimum atomic E-state index is 0.384. The third kappa shape index (κ3) is 0.863. The molecule has 0 N–H and O–H groups in total. The van der Waals surface area contributed by atoms with Gasteiger partial charge in [0.1, 0.15) is 6.29 Å². The van der Waals surface area contributed by atoms with Crippen molar-refractivity contribution in [3.05, 3.63) is 0 Å². The maximum absolute atomic E-state index is 10.6. The molecule has 0 aromatic carbocycles. The first-order chi connectivity index (χ1) is 5.24. The van der Waals surface area contributed by atoms with Crippen LogP contribution in [-0.4, -0.2) is 6.29 Å². The van der Waals surface area contributed by atoms with Gasteiger partial charge in [-0.05, 0) is 36.5 Å². The average molecular weight is 152 g/mol. The van der Waals surface area contributed by atoms with Gasteiger partial charge in [0.05, 0.1) is 0 Å². The van der Waals surface area contributed by atoms with Gasteiger partial charge in [0.2, 0.25) is 0 Å². The highest BCUT2D eigenvalue weighted by atomic mass is 16.1. The lowest BCUT2D eigenvalue weighted by Crippen LogP contribution is -2.48. The lowest BCUT2D eigenvalue weighted by Gasteiger charge is -2.54. The Morgan fingerprint density at radius 2 is 1.91 bits per heavy atom. The van der Waals surface area contributed by atoms with Crippen LogP contribution in [0.4, 0.5) is 0 Å². The van der Waals surface area contributed by atoms with E-state index in [1.165, 1.54) is 19.1 Å². The lowest BCUT2D eigenvalue weighted by molar-refractivity contribution is -0.123. The predicted molar refractivity (Wildman–Crippen MR) is 44.1 cm³/mol. The zero-order valence-corrected chi connectivity index (χ0v) is 7.29. The molecule has 2 bridgehead atoms. The van der Waals surface area contributed by atoms with Crippen molar-refractivity contribution in [2.24, 2.45) is 29.6 Å². The first kappa shape index (κ1) is 7.33. The number of hydrogen-bond donors (Lipinski definition) is 0. The first-order valence-corrected chi connectivity index (χ1v) is 4.69. The maximum Gasteiger partial charge on any atom is 0.123 e. The number of rotatable bonds is 1. The molecule has 3 fully saturated rings. The van der Waals surface area contributed by atoms with E-state index >= 15 is 0 Å². The summed E-state index contributed by atoms with van der Waals surface area (Å²) >= 11 is 0. The van der Waals surface area contributed by atoms with Gasteiger partial charge in [-0.3, -0.25) is 0 Å². The van der Waals surface area contributed by atoms with E-state index in [2.05, 4.69) is 13.8 Å². The Labute approximate surface area is 68.2 Å². The monoisotopic (exact) mass is 152 g/mol. The van der Waals surface area contributed by atoms with Crippen LogP contribution in [0.2, 0.25) is 0 Å². The van der Waals surface area contributed by atoms with Crippen molar-refractivity contribution in [1.82, 2.24) is 0 Å². The number of carbonyl (C=O) groups excluding carboxylic acids is 1. The number of carbonyl (C=O) groups is 1. The van der Waals surface area contributed by atoms with E-state index in [-0.39, 0.29) is 0 Å². The minimum Gasteiger partial charge on any atom is -0.303 e. The summed E-state index contributed by atoms with van der Waals surface area (Å²) in [4.78, 5) is 10.6. The SMILES string of the molecule is CC1[C@@H]2C[C@H]1[C@H](C)[C@@H](C=O)C2. The molecule has 0 aromatic heterocycles. The van der Waals surface area contributed by atoms with Crippen molar-refractivity contribution in [2.45, 2.75) is 26.7 Å². The fourth-order valence-electron chi connectivity index (χ4n) is 3.00. The zero-order valence-electron chi connectivity index (χ0n) is 7.29. The summed E-state index contributed by atoms with van der Waals surface area (Å²) in [6.07, 6.45) is 3.74. The summed E-state index contributed by atoms with van der Waals surface area (Å²) in [7, 11) is 0. The Balaban J connectivity index is 2.09. The molecule has 11 heavy (non-hydrogen) atoms. The molecule has 3 saturated carbocycles. The molecule has 3 rings (SSSR count). The van der Waals surface area contributed by atoms with Gasteiger partial charge in [-0.15, -0.1) is 0 Å². The Morgan fingerprint density at radius 1 is 1.18 bits per heavy atom. The highest BCUT2D eigenvalue weighted by Crippen LogP contribution is 2.54. The standard InChI is InChI=1S/C10H16O/c1-6-8-3-9(5-11)7(2)10(6)4-8/h5-10H,3-4H2,1-2H3/t6?,7-,8+,9-,10-/m1/s1. The van der Waals surface area contributed by atoms with Crippen LogP contribution in [0.5, 0.6) is 0 Å². The fraction of sp³-hybridized carbons (Fsp3) is 0.900. The quantitative estimate of drug-likeness (QED) is 0.526. The van der Waals surface area contributed by atoms with Crippen LogP contribution in [0, 0.1) is 29.6 Å². The third-order valence-electron chi connectivity index (χ3n) is 4.09. The Hall–Kier alpha value is -0.330. The van der Waals surface area contributed by atoms with Gasteiger partial charge in [0.15, 0.2) is 0 Å². The second-order valence-electron chi connectivity index (χ2n) is 4.41. The van der Waals surface area contributed by atoms with E-state index in [1.807, 2.05) is 0 Å². The Kier molecular flexibility index (Phi) is 1.55. The molecule has 0 radical (unpaired) electrons. The van der Waals surface area contributed by atoms with Crippen LogP contribution in [0.25, 0.3) is 0 Å². The normalized spacial score (nSPS) is 54.9. The molecule has 0 saturated heterocycles. The van der Waals surface area contributed by atoms with Crippen molar-refractivity contribution < 1.29 is 4.79 Å². The average Bonchev–Trinajstić information content (AvgIpc) is 2.03. The summed E-state index contributed by atoms with van der Waals surface area (Å²) in [6, 6.07) is 0. The summed E-state index contributed by atoms with van der Waals surface area (Å²) in [5.41, 5.74) is 0. The van der Waals surface area contributed by atoms with Gasteiger partial charge in [-0.1, -0.05) is 13.8 Å². The Bertz CT molecular complexity index is 176. The van der Waals surface area contributed by atoms with E-state index < -0.39 is 0 Å². The molecule has 5 atom stereocenters. The molecule has 0 amide bonds. The number of fused-ring (bicyclic) bond motifs is 2. The second-order valence-corrected chi connectivity index (χ2v) is 4.41. The van der Waals surface area contributed by atoms with E-state index in [9.17, 15) is 4.79 Å². The van der Waals surface area contributed by atoms with E-state index in [4.69, 9.17) is 0 Å². The van der Waals surface area contributed by atoms with Crippen LogP contribution < -0.4 is 0 Å². The van der Waals surface area contributed by atoms with Crippen molar-refractivity contribution >= 4 is 6.29 Å². The number of hydrogen-bond acceptors (Lipinski definition) is 1. The van der Waals surface area contributed by atoms with Gasteiger partial charge in [0, 0.05) is 5.92 Å². The van der Waals surface area contributed by atoms with Crippen LogP contribution >= 0.6 is 0 Å². The molecule has 0 heterocycles. The van der Waals surface area contributed by atoms with Crippen LogP contribution in [0.15, 0.2) is 0 Å². The fourth-order valence-corrected chi connectivity index (χ4v) is 3.00. The molecule has 0 aromatic rings. The van der Waals surface area contributed by atoms with Gasteiger partial charge in [-0.2, -0.15) is 0 Å². The summed E-state index contributed by atoms with van der Waals surface area (Å²) in [5.74, 6) is 3.69. The van der Waals surface area contributed by atoms with E-state index in [1.54, 1.807) is 0 Å². The third-order valence-corrected chi connectivity index (χ3v) is 4.09. The highest BCUT2D eigenvalue weighted by Gasteiger charge is 2.48. The topological polar surface area (TPSA) is 17.1 Å². The number of aldehydes is 1. The van der Waals surface area contributed by atoms with Gasteiger partial charge >= 0.3 is 0 Å². The Morgan fingerprint density at radius 3 is 2.36 bits per heavy atom. The molecule has 1 nitrogen and oxygen atoms in total. The molecule has 0 spiro atoms. The minimum absolute atomic E-state index is 0.384. The lowest BCUT2D eigenvalue weighted by atomic mass is 9.51. The van der Waals surface area contributed by atoms with Crippen LogP contribution in [0.3, 0.4) is 0 Å². The maximum atomic E-state index is 10.6. The molecule has 1 heteroatoms. The van der Waals surface area contributed by atoms with Gasteiger partial charge < -0.3 is 4.79 Å². The van der Waals surface area contributed by atoms with Crippen molar-refractivity contribution in [3.63, 3.8) is 0 Å². The molecule has 62 valence electrons. The molecule has 3 aliphatic rings. The largest absolute Gasteiger partial charge is 0.303 e. The van der Waals surface area contributed by atoms with Gasteiger partial charge in [0.25, 0.3) is 0 Å².